The first-order chi connectivity index (χ1) is 17.4. The summed E-state index contributed by atoms with van der Waals surface area (Å²) in [6, 6.07) is 14.4. The number of rotatable bonds is 9. The SMILES string of the molecule is C=CC(=O)Nc1ccc(-c2nn(CCN(Cc3ccccc3)C(=O)C=C)c3ncnc(N)c23)cc1O. The lowest BCUT2D eigenvalue weighted by atomic mass is 10.1. The van der Waals surface area contributed by atoms with Crippen molar-refractivity contribution in [3.8, 4) is 17.0 Å². The third-order valence-electron chi connectivity index (χ3n) is 5.56. The second kappa shape index (κ2) is 10.5. The number of benzene rings is 2. The van der Waals surface area contributed by atoms with Crippen LogP contribution in [0.3, 0.4) is 0 Å². The van der Waals surface area contributed by atoms with Gasteiger partial charge in [-0.1, -0.05) is 49.6 Å². The third kappa shape index (κ3) is 5.07. The molecule has 10 heteroatoms. The average molecular weight is 484 g/mol. The molecule has 0 fully saturated rings. The maximum absolute atomic E-state index is 12.5. The molecule has 2 heterocycles. The zero-order valence-corrected chi connectivity index (χ0v) is 19.5. The van der Waals surface area contributed by atoms with Crippen molar-refractivity contribution >= 4 is 34.4 Å². The van der Waals surface area contributed by atoms with Crippen LogP contribution in [0.2, 0.25) is 0 Å². The van der Waals surface area contributed by atoms with E-state index in [9.17, 15) is 14.7 Å². The van der Waals surface area contributed by atoms with E-state index in [1.165, 1.54) is 18.5 Å². The average Bonchev–Trinajstić information content (AvgIpc) is 3.27. The minimum absolute atomic E-state index is 0.147. The minimum atomic E-state index is -0.445. The van der Waals surface area contributed by atoms with Gasteiger partial charge in [0.05, 0.1) is 17.6 Å². The van der Waals surface area contributed by atoms with E-state index in [1.54, 1.807) is 21.7 Å². The number of nitrogen functional groups attached to an aromatic ring is 1. The Labute approximate surface area is 207 Å². The molecule has 4 aromatic rings. The highest BCUT2D eigenvalue weighted by Gasteiger charge is 2.19. The first-order valence-electron chi connectivity index (χ1n) is 11.1. The minimum Gasteiger partial charge on any atom is -0.506 e. The Morgan fingerprint density at radius 3 is 2.58 bits per heavy atom. The van der Waals surface area contributed by atoms with E-state index in [0.717, 1.165) is 11.6 Å². The Bertz CT molecular complexity index is 1450. The molecular weight excluding hydrogens is 458 g/mol. The second-order valence-corrected chi connectivity index (χ2v) is 7.90. The highest BCUT2D eigenvalue weighted by atomic mass is 16.3. The molecule has 0 spiro atoms. The van der Waals surface area contributed by atoms with E-state index in [1.807, 2.05) is 30.3 Å². The van der Waals surface area contributed by atoms with Gasteiger partial charge in [-0.3, -0.25) is 9.59 Å². The van der Waals surface area contributed by atoms with Gasteiger partial charge in [-0.05, 0) is 29.8 Å². The standard InChI is InChI=1S/C26H25N7O3/c1-3-21(35)30-19-11-10-18(14-20(19)34)24-23-25(27)28-16-29-26(23)33(31-24)13-12-32(22(36)4-2)15-17-8-6-5-7-9-17/h3-11,14,16,34H,1-2,12-13,15H2,(H,30,35)(H2,27,28,29). The van der Waals surface area contributed by atoms with E-state index in [4.69, 9.17) is 5.73 Å². The van der Waals surface area contributed by atoms with Crippen molar-refractivity contribution in [2.45, 2.75) is 13.1 Å². The summed E-state index contributed by atoms with van der Waals surface area (Å²) in [6.45, 7) is 8.11. The number of phenolic OH excluding ortho intramolecular Hbond substituents is 1. The number of aromatic nitrogens is 4. The summed E-state index contributed by atoms with van der Waals surface area (Å²) in [5.74, 6) is -0.564. The van der Waals surface area contributed by atoms with Crippen LogP contribution in [-0.2, 0) is 22.7 Å². The number of hydrogen-bond acceptors (Lipinski definition) is 7. The van der Waals surface area contributed by atoms with Crippen LogP contribution in [0, 0.1) is 0 Å². The number of fused-ring (bicyclic) bond motifs is 1. The molecule has 0 radical (unpaired) electrons. The van der Waals surface area contributed by atoms with Gasteiger partial charge in [0.15, 0.2) is 5.65 Å². The quantitative estimate of drug-likeness (QED) is 0.245. The van der Waals surface area contributed by atoms with Gasteiger partial charge in [0, 0.05) is 18.7 Å². The van der Waals surface area contributed by atoms with Gasteiger partial charge in [-0.25, -0.2) is 14.6 Å². The molecule has 4 N–H and O–H groups in total. The van der Waals surface area contributed by atoms with Crippen LogP contribution in [-0.4, -0.2) is 48.1 Å². The zero-order chi connectivity index (χ0) is 25.7. The lowest BCUT2D eigenvalue weighted by molar-refractivity contribution is -0.126. The molecule has 0 saturated carbocycles. The molecule has 0 aliphatic rings. The first-order valence-corrected chi connectivity index (χ1v) is 11.1. The highest BCUT2D eigenvalue weighted by molar-refractivity contribution is 6.01. The summed E-state index contributed by atoms with van der Waals surface area (Å²) < 4.78 is 1.65. The molecule has 36 heavy (non-hydrogen) atoms. The number of phenols is 1. The van der Waals surface area contributed by atoms with Crippen molar-refractivity contribution in [3.05, 3.63) is 85.7 Å². The Morgan fingerprint density at radius 2 is 1.89 bits per heavy atom. The molecule has 182 valence electrons. The fourth-order valence-electron chi connectivity index (χ4n) is 3.77. The van der Waals surface area contributed by atoms with Gasteiger partial charge < -0.3 is 21.1 Å². The zero-order valence-electron chi connectivity index (χ0n) is 19.5. The lowest BCUT2D eigenvalue weighted by Crippen LogP contribution is -2.32. The predicted octanol–water partition coefficient (Wildman–Crippen LogP) is 3.12. The monoisotopic (exact) mass is 483 g/mol. The van der Waals surface area contributed by atoms with E-state index >= 15 is 0 Å². The Kier molecular flexibility index (Phi) is 7.05. The molecule has 0 atom stereocenters. The van der Waals surface area contributed by atoms with E-state index in [2.05, 4.69) is 33.5 Å². The summed E-state index contributed by atoms with van der Waals surface area (Å²) >= 11 is 0. The molecule has 0 saturated heterocycles. The van der Waals surface area contributed by atoms with Gasteiger partial charge in [0.2, 0.25) is 11.8 Å². The number of nitrogens with two attached hydrogens (primary N) is 1. The van der Waals surface area contributed by atoms with Crippen molar-refractivity contribution < 1.29 is 14.7 Å². The number of amides is 2. The smallest absolute Gasteiger partial charge is 0.247 e. The van der Waals surface area contributed by atoms with Crippen molar-refractivity contribution in [2.75, 3.05) is 17.6 Å². The number of hydrogen-bond donors (Lipinski definition) is 3. The Balaban J connectivity index is 1.66. The largest absolute Gasteiger partial charge is 0.506 e. The van der Waals surface area contributed by atoms with E-state index < -0.39 is 5.91 Å². The van der Waals surface area contributed by atoms with Crippen LogP contribution < -0.4 is 11.1 Å². The molecular formula is C26H25N7O3. The maximum atomic E-state index is 12.5. The number of carbonyl (C=O) groups is 2. The van der Waals surface area contributed by atoms with Gasteiger partial charge in [-0.2, -0.15) is 5.10 Å². The molecule has 0 aliphatic heterocycles. The van der Waals surface area contributed by atoms with Crippen molar-refractivity contribution in [1.29, 1.82) is 0 Å². The van der Waals surface area contributed by atoms with Crippen molar-refractivity contribution in [2.24, 2.45) is 0 Å². The van der Waals surface area contributed by atoms with Crippen LogP contribution >= 0.6 is 0 Å². The molecule has 0 bridgehead atoms. The van der Waals surface area contributed by atoms with Gasteiger partial charge in [0.1, 0.15) is 23.6 Å². The van der Waals surface area contributed by atoms with Crippen LogP contribution in [0.4, 0.5) is 11.5 Å². The number of carbonyl (C=O) groups excluding carboxylic acids is 2. The van der Waals surface area contributed by atoms with Gasteiger partial charge in [0.25, 0.3) is 0 Å². The Morgan fingerprint density at radius 1 is 1.11 bits per heavy atom. The Hall–Kier alpha value is -4.99. The van der Waals surface area contributed by atoms with Crippen LogP contribution in [0.25, 0.3) is 22.3 Å². The van der Waals surface area contributed by atoms with E-state index in [0.29, 0.717) is 41.9 Å². The number of nitrogens with zero attached hydrogens (tertiary/aromatic N) is 5. The van der Waals surface area contributed by atoms with Crippen molar-refractivity contribution in [1.82, 2.24) is 24.6 Å². The predicted molar refractivity (Wildman–Crippen MR) is 138 cm³/mol. The van der Waals surface area contributed by atoms with Crippen LogP contribution in [0.1, 0.15) is 5.56 Å². The van der Waals surface area contributed by atoms with Crippen molar-refractivity contribution in [3.63, 3.8) is 0 Å². The molecule has 0 unspecified atom stereocenters. The summed E-state index contributed by atoms with van der Waals surface area (Å²) in [4.78, 5) is 34.2. The molecule has 2 aromatic carbocycles. The van der Waals surface area contributed by atoms with Gasteiger partial charge >= 0.3 is 0 Å². The van der Waals surface area contributed by atoms with E-state index in [-0.39, 0.29) is 23.2 Å². The molecule has 2 amide bonds. The van der Waals surface area contributed by atoms with Crippen LogP contribution in [0.15, 0.2) is 80.2 Å². The number of aromatic hydroxyl groups is 1. The highest BCUT2D eigenvalue weighted by Crippen LogP contribution is 2.34. The summed E-state index contributed by atoms with van der Waals surface area (Å²) in [5.41, 5.74) is 8.91. The summed E-state index contributed by atoms with van der Waals surface area (Å²) in [6.07, 6.45) is 3.74. The summed E-state index contributed by atoms with van der Waals surface area (Å²) in [7, 11) is 0. The number of anilines is 2. The first kappa shape index (κ1) is 24.1. The fourth-order valence-corrected chi connectivity index (χ4v) is 3.77. The molecule has 2 aromatic heterocycles. The number of nitrogens with one attached hydrogen (secondary N) is 1. The normalized spacial score (nSPS) is 10.7. The topological polar surface area (TPSA) is 139 Å². The maximum Gasteiger partial charge on any atom is 0.247 e. The molecule has 4 rings (SSSR count). The lowest BCUT2D eigenvalue weighted by Gasteiger charge is -2.21. The van der Waals surface area contributed by atoms with Crippen LogP contribution in [0.5, 0.6) is 5.75 Å². The van der Waals surface area contributed by atoms with Gasteiger partial charge in [-0.15, -0.1) is 0 Å². The molecule has 0 aliphatic carbocycles. The third-order valence-corrected chi connectivity index (χ3v) is 5.56. The second-order valence-electron chi connectivity index (χ2n) is 7.90. The summed E-state index contributed by atoms with van der Waals surface area (Å²) in [5, 5.41) is 18.2. The molecule has 10 nitrogen and oxygen atoms in total. The fraction of sp³-hybridized carbons (Fsp3) is 0.115.